The van der Waals surface area contributed by atoms with Gasteiger partial charge in [-0.1, -0.05) is 6.07 Å². The topological polar surface area (TPSA) is 48.0 Å². The second-order valence-corrected chi connectivity index (χ2v) is 6.34. The highest BCUT2D eigenvalue weighted by Gasteiger charge is 2.44. The molecule has 1 aromatic rings. The lowest BCUT2D eigenvalue weighted by Crippen LogP contribution is -2.50. The highest BCUT2D eigenvalue weighted by atomic mass is 16.6. The molecule has 0 unspecified atom stereocenters. The summed E-state index contributed by atoms with van der Waals surface area (Å²) in [4.78, 5) is 14.7. The van der Waals surface area contributed by atoms with Gasteiger partial charge in [-0.05, 0) is 38.0 Å². The van der Waals surface area contributed by atoms with Crippen LogP contribution in [0, 0.1) is 0 Å². The Morgan fingerprint density at radius 3 is 3.13 bits per heavy atom. The van der Waals surface area contributed by atoms with Crippen LogP contribution in [0.3, 0.4) is 0 Å². The Morgan fingerprint density at radius 2 is 2.35 bits per heavy atom. The van der Waals surface area contributed by atoms with E-state index in [1.54, 1.807) is 13.2 Å². The number of piperidine rings is 1. The molecular weight excluding hydrogens is 294 g/mol. The summed E-state index contributed by atoms with van der Waals surface area (Å²) in [7, 11) is 1.61. The van der Waals surface area contributed by atoms with Crippen LogP contribution in [0.2, 0.25) is 0 Å². The van der Waals surface area contributed by atoms with Crippen LogP contribution in [0.15, 0.2) is 24.3 Å². The van der Waals surface area contributed by atoms with E-state index >= 15 is 0 Å². The first-order valence-electron chi connectivity index (χ1n) is 8.35. The number of hydrogen-bond donors (Lipinski definition) is 0. The predicted octanol–water partition coefficient (Wildman–Crippen LogP) is 2.50. The fraction of sp³-hybridized carbons (Fsp3) is 0.611. The van der Waals surface area contributed by atoms with Crippen LogP contribution in [-0.4, -0.2) is 55.9 Å². The van der Waals surface area contributed by atoms with Crippen molar-refractivity contribution in [1.82, 2.24) is 4.90 Å². The largest absolute Gasteiger partial charge is 0.497 e. The first-order chi connectivity index (χ1) is 11.2. The van der Waals surface area contributed by atoms with Crippen LogP contribution < -0.4 is 4.74 Å². The summed E-state index contributed by atoms with van der Waals surface area (Å²) in [5.74, 6) is 0.752. The first kappa shape index (κ1) is 16.3. The predicted molar refractivity (Wildman–Crippen MR) is 86.8 cm³/mol. The van der Waals surface area contributed by atoms with Crippen molar-refractivity contribution in [3.63, 3.8) is 0 Å². The number of carbonyl (C=O) groups excluding carboxylic acids is 1. The Labute approximate surface area is 137 Å². The standard InChI is InChI=1S/C18H25NO4/c1-3-22-16-11-18(23-12-16)8-5-9-19(13-18)17(20)14-6-4-7-15(10-14)21-2/h4,6-7,10,16H,3,5,8-9,11-13H2,1-2H3/t16-,18-/m0/s1. The van der Waals surface area contributed by atoms with Gasteiger partial charge in [0.15, 0.2) is 0 Å². The number of methoxy groups -OCH3 is 1. The molecular formula is C18H25NO4. The lowest BCUT2D eigenvalue weighted by molar-refractivity contribution is -0.0462. The molecule has 2 heterocycles. The van der Waals surface area contributed by atoms with Gasteiger partial charge >= 0.3 is 0 Å². The van der Waals surface area contributed by atoms with E-state index in [1.807, 2.05) is 30.0 Å². The lowest BCUT2D eigenvalue weighted by atomic mass is 9.89. The minimum absolute atomic E-state index is 0.0476. The Morgan fingerprint density at radius 1 is 1.48 bits per heavy atom. The summed E-state index contributed by atoms with van der Waals surface area (Å²) < 4.78 is 17.0. The van der Waals surface area contributed by atoms with Crippen LogP contribution in [0.1, 0.15) is 36.5 Å². The van der Waals surface area contributed by atoms with Gasteiger partial charge in [0.05, 0.1) is 32.0 Å². The van der Waals surface area contributed by atoms with E-state index in [9.17, 15) is 4.79 Å². The van der Waals surface area contributed by atoms with Gasteiger partial charge in [-0.15, -0.1) is 0 Å². The molecule has 1 aromatic carbocycles. The average Bonchev–Trinajstić information content (AvgIpc) is 2.96. The molecule has 23 heavy (non-hydrogen) atoms. The number of benzene rings is 1. The number of likely N-dealkylation sites (tertiary alicyclic amines) is 1. The average molecular weight is 319 g/mol. The Kier molecular flexibility index (Phi) is 4.87. The fourth-order valence-corrected chi connectivity index (χ4v) is 3.64. The maximum absolute atomic E-state index is 12.8. The summed E-state index contributed by atoms with van der Waals surface area (Å²) in [6, 6.07) is 7.33. The number of hydrogen-bond acceptors (Lipinski definition) is 4. The van der Waals surface area contributed by atoms with Crippen molar-refractivity contribution in [2.24, 2.45) is 0 Å². The third kappa shape index (κ3) is 3.51. The minimum atomic E-state index is -0.230. The highest BCUT2D eigenvalue weighted by molar-refractivity contribution is 5.94. The van der Waals surface area contributed by atoms with E-state index in [0.717, 1.165) is 25.8 Å². The van der Waals surface area contributed by atoms with Crippen LogP contribution in [-0.2, 0) is 9.47 Å². The Hall–Kier alpha value is -1.59. The van der Waals surface area contributed by atoms with Gasteiger partial charge in [0.2, 0.25) is 0 Å². The van der Waals surface area contributed by atoms with Crippen molar-refractivity contribution < 1.29 is 19.0 Å². The van der Waals surface area contributed by atoms with Crippen LogP contribution in [0.4, 0.5) is 0 Å². The maximum Gasteiger partial charge on any atom is 0.254 e. The zero-order valence-electron chi connectivity index (χ0n) is 13.9. The Balaban J connectivity index is 1.69. The second-order valence-electron chi connectivity index (χ2n) is 6.34. The molecule has 2 atom stereocenters. The summed E-state index contributed by atoms with van der Waals surface area (Å²) >= 11 is 0. The normalized spacial score (nSPS) is 27.4. The van der Waals surface area contributed by atoms with Crippen molar-refractivity contribution in [1.29, 1.82) is 0 Å². The number of carbonyl (C=O) groups is 1. The third-order valence-corrected chi connectivity index (χ3v) is 4.72. The molecule has 1 amide bonds. The Bertz CT molecular complexity index is 562. The van der Waals surface area contributed by atoms with Gasteiger partial charge in [0.1, 0.15) is 5.75 Å². The van der Waals surface area contributed by atoms with Crippen LogP contribution in [0.5, 0.6) is 5.75 Å². The van der Waals surface area contributed by atoms with Crippen molar-refractivity contribution in [3.8, 4) is 5.75 Å². The lowest BCUT2D eigenvalue weighted by Gasteiger charge is -2.39. The van der Waals surface area contributed by atoms with Crippen LogP contribution >= 0.6 is 0 Å². The molecule has 2 saturated heterocycles. The molecule has 0 radical (unpaired) electrons. The van der Waals surface area contributed by atoms with E-state index < -0.39 is 0 Å². The summed E-state index contributed by atoms with van der Waals surface area (Å²) in [5.41, 5.74) is 0.438. The van der Waals surface area contributed by atoms with Crippen LogP contribution in [0.25, 0.3) is 0 Å². The van der Waals surface area contributed by atoms with Gasteiger partial charge in [-0.3, -0.25) is 4.79 Å². The van der Waals surface area contributed by atoms with Gasteiger partial charge in [-0.25, -0.2) is 0 Å². The van der Waals surface area contributed by atoms with E-state index in [1.165, 1.54) is 0 Å². The molecule has 2 fully saturated rings. The summed E-state index contributed by atoms with van der Waals surface area (Å²) in [6.07, 6.45) is 3.00. The van der Waals surface area contributed by atoms with Gasteiger partial charge < -0.3 is 19.1 Å². The molecule has 5 nitrogen and oxygen atoms in total. The molecule has 0 aliphatic carbocycles. The molecule has 5 heteroatoms. The zero-order chi connectivity index (χ0) is 16.3. The molecule has 3 rings (SSSR count). The summed E-state index contributed by atoms with van der Waals surface area (Å²) in [6.45, 7) is 4.77. The van der Waals surface area contributed by atoms with Gasteiger partial charge in [-0.2, -0.15) is 0 Å². The highest BCUT2D eigenvalue weighted by Crippen LogP contribution is 2.36. The number of rotatable bonds is 4. The van der Waals surface area contributed by atoms with Crippen molar-refractivity contribution in [3.05, 3.63) is 29.8 Å². The van der Waals surface area contributed by atoms with Crippen molar-refractivity contribution >= 4 is 5.91 Å². The van der Waals surface area contributed by atoms with Crippen molar-refractivity contribution in [2.75, 3.05) is 33.4 Å². The van der Waals surface area contributed by atoms with E-state index in [-0.39, 0.29) is 17.6 Å². The van der Waals surface area contributed by atoms with Crippen molar-refractivity contribution in [2.45, 2.75) is 37.9 Å². The molecule has 2 aliphatic rings. The minimum Gasteiger partial charge on any atom is -0.497 e. The molecule has 2 aliphatic heterocycles. The molecule has 0 bridgehead atoms. The number of nitrogens with zero attached hydrogens (tertiary/aromatic N) is 1. The van der Waals surface area contributed by atoms with Gasteiger partial charge in [0, 0.05) is 25.1 Å². The number of ether oxygens (including phenoxy) is 3. The quantitative estimate of drug-likeness (QED) is 0.855. The van der Waals surface area contributed by atoms with E-state index in [2.05, 4.69) is 0 Å². The monoisotopic (exact) mass is 319 g/mol. The molecule has 126 valence electrons. The molecule has 0 aromatic heterocycles. The SMILES string of the molecule is CCO[C@@H]1CO[C@@]2(CCCN(C(=O)c3cccc(OC)c3)C2)C1. The molecule has 1 spiro atoms. The molecule has 0 N–H and O–H groups in total. The second kappa shape index (κ2) is 6.89. The van der Waals surface area contributed by atoms with Gasteiger partial charge in [0.25, 0.3) is 5.91 Å². The first-order valence-corrected chi connectivity index (χ1v) is 8.35. The smallest absolute Gasteiger partial charge is 0.254 e. The van der Waals surface area contributed by atoms with E-state index in [0.29, 0.717) is 31.1 Å². The third-order valence-electron chi connectivity index (χ3n) is 4.72. The maximum atomic E-state index is 12.8. The number of amides is 1. The van der Waals surface area contributed by atoms with E-state index in [4.69, 9.17) is 14.2 Å². The summed E-state index contributed by atoms with van der Waals surface area (Å²) in [5, 5.41) is 0. The molecule has 0 saturated carbocycles. The zero-order valence-corrected chi connectivity index (χ0v) is 13.9. The fourth-order valence-electron chi connectivity index (χ4n) is 3.64.